The summed E-state index contributed by atoms with van der Waals surface area (Å²) < 4.78 is 30.1. The summed E-state index contributed by atoms with van der Waals surface area (Å²) in [6.45, 7) is 68.1. The van der Waals surface area contributed by atoms with Crippen LogP contribution in [0.15, 0.2) is 0 Å². The van der Waals surface area contributed by atoms with Crippen molar-refractivity contribution in [1.29, 1.82) is 0 Å². The van der Waals surface area contributed by atoms with Crippen LogP contribution in [-0.4, -0.2) is 57.9 Å². The van der Waals surface area contributed by atoms with Crippen LogP contribution in [0.1, 0.15) is 515 Å². The number of hydrogen-bond donors (Lipinski definition) is 0. The molecule has 10 rings (SSSR count). The Labute approximate surface area is 707 Å². The molecule has 0 saturated heterocycles. The maximum atomic E-state index is 12.8. The molecule has 6 bridgehead atoms. The Kier molecular flexibility index (Phi) is 65.0. The lowest BCUT2D eigenvalue weighted by Gasteiger charge is -2.47. The van der Waals surface area contributed by atoms with Gasteiger partial charge >= 0.3 is 29.8 Å². The molecule has 0 aromatic rings. The molecule has 10 aliphatic rings. The summed E-state index contributed by atoms with van der Waals surface area (Å²) in [6.07, 6.45) is 39.2. The third kappa shape index (κ3) is 32.1. The first kappa shape index (κ1) is 130. The second-order valence-corrected chi connectivity index (χ2v) is 37.3. The van der Waals surface area contributed by atoms with Gasteiger partial charge in [-0.05, 0) is 311 Å². The lowest BCUT2D eigenvalue weighted by atomic mass is 9.65. The first-order valence-electron chi connectivity index (χ1n) is 43.7. The maximum Gasteiger partial charge on any atom is 0.312 e. The van der Waals surface area contributed by atoms with Gasteiger partial charge in [0, 0.05) is 11.3 Å². The molecule has 682 valence electrons. The largest absolute Gasteiger partial charge is 0.459 e. The average molecular weight is 1600 g/mol. The van der Waals surface area contributed by atoms with Crippen molar-refractivity contribution in [2.24, 2.45) is 91.2 Å². The second-order valence-electron chi connectivity index (χ2n) is 37.3. The zero-order valence-electron chi connectivity index (χ0n) is 74.1. The zero-order chi connectivity index (χ0) is 79.0. The number of ether oxygens (including phenoxy) is 5. The quantitative estimate of drug-likeness (QED) is 0.0788. The second kappa shape index (κ2) is 56.0. The first-order valence-corrected chi connectivity index (χ1v) is 43.7. The van der Waals surface area contributed by atoms with Gasteiger partial charge in [0.2, 0.25) is 0 Å². The van der Waals surface area contributed by atoms with Crippen molar-refractivity contribution in [2.45, 2.75) is 543 Å². The van der Waals surface area contributed by atoms with E-state index in [2.05, 4.69) is 76.2 Å². The van der Waals surface area contributed by atoms with Crippen molar-refractivity contribution in [2.75, 3.05) is 0 Å². The highest BCUT2D eigenvalue weighted by Gasteiger charge is 2.69. The van der Waals surface area contributed by atoms with Crippen molar-refractivity contribution in [3.8, 4) is 0 Å². The summed E-state index contributed by atoms with van der Waals surface area (Å²) in [5.74, 6) is 6.52. The Balaban J connectivity index is -0.000000138. The summed E-state index contributed by atoms with van der Waals surface area (Å²) in [4.78, 5) is 61.8. The van der Waals surface area contributed by atoms with Gasteiger partial charge in [-0.25, -0.2) is 0 Å². The van der Waals surface area contributed by atoms with Crippen LogP contribution in [0.3, 0.4) is 0 Å². The predicted octanol–water partition coefficient (Wildman–Crippen LogP) is 33.8. The van der Waals surface area contributed by atoms with E-state index in [1.807, 2.05) is 152 Å². The van der Waals surface area contributed by atoms with Crippen LogP contribution in [0.5, 0.6) is 0 Å². The minimum atomic E-state index is -0.370. The van der Waals surface area contributed by atoms with Gasteiger partial charge in [-0.2, -0.15) is 0 Å². The molecule has 11 unspecified atom stereocenters. The van der Waals surface area contributed by atoms with Gasteiger partial charge in [-0.1, -0.05) is 257 Å². The van der Waals surface area contributed by atoms with Crippen LogP contribution in [0.4, 0.5) is 0 Å². The Bertz CT molecular complexity index is 2430. The van der Waals surface area contributed by atoms with Crippen LogP contribution in [-0.2, 0) is 47.7 Å². The molecule has 0 N–H and O–H groups in total. The standard InChI is InChI=1S/C20H36O2.C17H28O2.C17H30O2.C14H24O2.C14H26O2.5C2H6.10CH4/c1-5-19(2,3)18(21)22-20(4,16-12-8-6-9-13-16)17-14-10-7-11-15-17;1-5-16(2,3)15(18)19-17(4)10-11-9-14(17)13-8-6-7-12(11)13;1-8-14(2,3)13(18)19-17(7)11-12-9-10-16(17,6)15(12,4)5;1-5-13(2,3)12(15)16-14(4)9-10-6-7-11(14)8-10;1-5-13(2,3)12(15)16-14(4)10-8-6-7-9-11-14;5*1-2;;;;;;;;;;/h16-17H,5-15H2,1-4H3;11-14H,5-10H2,1-4H3;12H,8-11H2,1-7H3;10-11H,5-9H2,1-4H3;5-11H2,1-4H3;5*1-2H3;10*1H4. The van der Waals surface area contributed by atoms with Crippen molar-refractivity contribution in [3.63, 3.8) is 0 Å². The topological polar surface area (TPSA) is 132 Å². The lowest BCUT2D eigenvalue weighted by molar-refractivity contribution is -0.187. The highest BCUT2D eigenvalue weighted by molar-refractivity contribution is 5.78. The maximum absolute atomic E-state index is 12.8. The first-order chi connectivity index (χ1) is 47.5. The van der Waals surface area contributed by atoms with Crippen molar-refractivity contribution < 1.29 is 47.7 Å². The molecule has 0 radical (unpaired) electrons. The molecule has 0 aliphatic heterocycles. The summed E-state index contributed by atoms with van der Waals surface area (Å²) in [7, 11) is 0. The van der Waals surface area contributed by atoms with E-state index in [0.717, 1.165) is 87.9 Å². The van der Waals surface area contributed by atoms with E-state index in [1.165, 1.54) is 148 Å². The van der Waals surface area contributed by atoms with Crippen LogP contribution < -0.4 is 0 Å². The highest BCUT2D eigenvalue weighted by atomic mass is 16.6. The fourth-order valence-corrected chi connectivity index (χ4v) is 18.8. The number of carbonyl (C=O) groups excluding carboxylic acids is 5. The molecule has 0 aromatic carbocycles. The molecule has 10 saturated carbocycles. The minimum absolute atomic E-state index is 0. The van der Waals surface area contributed by atoms with Crippen LogP contribution >= 0.6 is 0 Å². The fraction of sp³-hybridized carbons (Fsp3) is 0.951. The SMILES string of the molecule is C.C.C.C.C.C.C.C.C.C.CC.CC.CC.CC.CC.CCC(C)(C)C(=O)OC(C)(C1CCCCC1)C1CCCCC1.CCC(C)(C)C(=O)OC1(C)CC2CC1C1CCCC21.CCC(C)(C)C(=O)OC1(C)CC2CCC1(C)C2(C)C.CCC(C)(C)C(=O)OC1(C)CC2CCC1C2.CCC(C)(C)C(=O)OC1(C)CCCCCC1. The van der Waals surface area contributed by atoms with Crippen molar-refractivity contribution in [1.82, 2.24) is 0 Å². The molecule has 10 aliphatic carbocycles. The molecule has 0 heterocycles. The Morgan fingerprint density at radius 3 is 1.02 bits per heavy atom. The molecule has 0 spiro atoms. The van der Waals surface area contributed by atoms with Gasteiger partial charge in [0.25, 0.3) is 0 Å². The molecule has 10 fully saturated rings. The molecule has 0 aromatic heterocycles. The van der Waals surface area contributed by atoms with Gasteiger partial charge in [-0.15, -0.1) is 0 Å². The lowest BCUT2D eigenvalue weighted by Crippen LogP contribution is -2.49. The predicted molar refractivity (Wildman–Crippen MR) is 499 cm³/mol. The highest BCUT2D eigenvalue weighted by Crippen LogP contribution is 2.71. The van der Waals surface area contributed by atoms with E-state index in [4.69, 9.17) is 23.7 Å². The third-order valence-electron chi connectivity index (χ3n) is 28.9. The van der Waals surface area contributed by atoms with E-state index >= 15 is 0 Å². The van der Waals surface area contributed by atoms with Gasteiger partial charge in [0.05, 0.1) is 27.1 Å². The summed E-state index contributed by atoms with van der Waals surface area (Å²) in [6, 6.07) is 0. The summed E-state index contributed by atoms with van der Waals surface area (Å²) in [5, 5.41) is 0. The molecule has 112 heavy (non-hydrogen) atoms. The molecule has 10 heteroatoms. The van der Waals surface area contributed by atoms with Gasteiger partial charge < -0.3 is 23.7 Å². The minimum Gasteiger partial charge on any atom is -0.459 e. The Morgan fingerprint density at radius 2 is 0.679 bits per heavy atom. The van der Waals surface area contributed by atoms with E-state index in [9.17, 15) is 24.0 Å². The third-order valence-corrected chi connectivity index (χ3v) is 28.9. The van der Waals surface area contributed by atoms with E-state index in [0.29, 0.717) is 29.6 Å². The molecular weight excluding hydrogens is 1390 g/mol. The van der Waals surface area contributed by atoms with Crippen LogP contribution in [0.25, 0.3) is 0 Å². The van der Waals surface area contributed by atoms with Crippen LogP contribution in [0.2, 0.25) is 0 Å². The normalized spacial score (nSPS) is 27.5. The fourth-order valence-electron chi connectivity index (χ4n) is 18.8. The van der Waals surface area contributed by atoms with E-state index < -0.39 is 0 Å². The number of carbonyl (C=O) groups is 5. The van der Waals surface area contributed by atoms with Crippen LogP contribution in [0, 0.1) is 91.2 Å². The monoisotopic (exact) mass is 1600 g/mol. The van der Waals surface area contributed by atoms with Gasteiger partial charge in [0.1, 0.15) is 28.0 Å². The van der Waals surface area contributed by atoms with Crippen molar-refractivity contribution in [3.05, 3.63) is 0 Å². The summed E-state index contributed by atoms with van der Waals surface area (Å²) >= 11 is 0. The van der Waals surface area contributed by atoms with E-state index in [1.54, 1.807) is 0 Å². The smallest absolute Gasteiger partial charge is 0.312 e. The van der Waals surface area contributed by atoms with Crippen molar-refractivity contribution >= 4 is 29.8 Å². The molecule has 0 amide bonds. The number of esters is 5. The van der Waals surface area contributed by atoms with Gasteiger partial charge in [-0.3, -0.25) is 24.0 Å². The molecular formula is C102H214O10. The molecule has 10 nitrogen and oxygen atoms in total. The number of rotatable bonds is 17. The summed E-state index contributed by atoms with van der Waals surface area (Å²) in [5.41, 5.74) is -2.39. The Hall–Kier alpha value is -2.65. The number of hydrogen-bond acceptors (Lipinski definition) is 10. The zero-order valence-corrected chi connectivity index (χ0v) is 74.1. The average Bonchev–Trinajstić information content (AvgIpc) is 1.53. The van der Waals surface area contributed by atoms with Gasteiger partial charge in [0.15, 0.2) is 0 Å². The molecule has 11 atom stereocenters. The number of fused-ring (bicyclic) bond motifs is 9. The van der Waals surface area contributed by atoms with E-state index in [-0.39, 0.29) is 170 Å². The Morgan fingerprint density at radius 1 is 0.330 bits per heavy atom.